The van der Waals surface area contributed by atoms with Crippen molar-refractivity contribution in [2.24, 2.45) is 5.73 Å². The molecule has 0 fully saturated rings. The molecule has 2 rings (SSSR count). The molecule has 1 heterocycles. The van der Waals surface area contributed by atoms with E-state index in [1.165, 1.54) is 12.1 Å². The number of nitrogens with two attached hydrogens (primary N) is 1. The molecule has 0 radical (unpaired) electrons. The van der Waals surface area contributed by atoms with Crippen LogP contribution in [0.3, 0.4) is 0 Å². The predicted octanol–water partition coefficient (Wildman–Crippen LogP) is 2.72. The molecule has 1 aromatic carbocycles. The first kappa shape index (κ1) is 11.8. The quantitative estimate of drug-likeness (QED) is 0.888. The molecule has 0 atom stereocenters. The van der Waals surface area contributed by atoms with Crippen LogP contribution in [0.25, 0.3) is 11.5 Å². The molecule has 90 valence electrons. The number of hydrogen-bond acceptors (Lipinski definition) is 3. The zero-order chi connectivity index (χ0) is 12.5. The maximum absolute atomic E-state index is 13.1. The Morgan fingerprint density at radius 1 is 1.41 bits per heavy atom. The lowest BCUT2D eigenvalue weighted by atomic mass is 9.90. The third-order valence-corrected chi connectivity index (χ3v) is 2.78. The Labute approximate surface area is 99.5 Å². The predicted molar refractivity (Wildman–Crippen MR) is 64.0 cm³/mol. The van der Waals surface area contributed by atoms with Crippen LogP contribution in [0, 0.1) is 5.82 Å². The molecule has 1 aromatic heterocycles. The van der Waals surface area contributed by atoms with Crippen molar-refractivity contribution in [2.45, 2.75) is 19.3 Å². The Morgan fingerprint density at radius 2 is 2.18 bits per heavy atom. The molecule has 3 nitrogen and oxygen atoms in total. The van der Waals surface area contributed by atoms with E-state index in [0.29, 0.717) is 18.0 Å². The lowest BCUT2D eigenvalue weighted by Gasteiger charge is -2.18. The molecule has 2 N–H and O–H groups in total. The molecule has 4 heteroatoms. The Morgan fingerprint density at radius 3 is 2.82 bits per heavy atom. The minimum absolute atomic E-state index is 0.241. The van der Waals surface area contributed by atoms with Gasteiger partial charge in [0.25, 0.3) is 0 Å². The second-order valence-corrected chi connectivity index (χ2v) is 4.64. The van der Waals surface area contributed by atoms with Gasteiger partial charge in [-0.3, -0.25) is 0 Å². The molecule has 0 saturated heterocycles. The summed E-state index contributed by atoms with van der Waals surface area (Å²) in [4.78, 5) is 4.35. The number of oxazole rings is 1. The van der Waals surface area contributed by atoms with Crippen LogP contribution >= 0.6 is 0 Å². The zero-order valence-corrected chi connectivity index (χ0v) is 9.90. The van der Waals surface area contributed by atoms with E-state index < -0.39 is 0 Å². The van der Waals surface area contributed by atoms with Crippen molar-refractivity contribution < 1.29 is 8.81 Å². The van der Waals surface area contributed by atoms with E-state index in [2.05, 4.69) is 4.98 Å². The van der Waals surface area contributed by atoms with Crippen molar-refractivity contribution in [3.05, 3.63) is 42.0 Å². The minimum atomic E-state index is -0.305. The summed E-state index contributed by atoms with van der Waals surface area (Å²) >= 11 is 0. The summed E-state index contributed by atoms with van der Waals surface area (Å²) in [5, 5.41) is 0. The molecule has 0 saturated carbocycles. The fourth-order valence-electron chi connectivity index (χ4n) is 1.44. The second kappa shape index (κ2) is 4.30. The minimum Gasteiger partial charge on any atom is -0.444 e. The number of hydrogen-bond donors (Lipinski definition) is 1. The average molecular weight is 234 g/mol. The molecule has 2 aromatic rings. The SMILES string of the molecule is CC(C)(CN)c1coc(-c2cccc(F)c2)n1. The van der Waals surface area contributed by atoms with E-state index in [-0.39, 0.29) is 11.2 Å². The molecule has 0 spiro atoms. The number of rotatable bonds is 3. The highest BCUT2D eigenvalue weighted by molar-refractivity contribution is 5.53. The summed E-state index contributed by atoms with van der Waals surface area (Å²) in [7, 11) is 0. The van der Waals surface area contributed by atoms with Gasteiger partial charge in [0, 0.05) is 17.5 Å². The van der Waals surface area contributed by atoms with Crippen LogP contribution in [-0.2, 0) is 5.41 Å². The van der Waals surface area contributed by atoms with Crippen LogP contribution < -0.4 is 5.73 Å². The average Bonchev–Trinajstić information content (AvgIpc) is 2.79. The van der Waals surface area contributed by atoms with E-state index in [4.69, 9.17) is 10.2 Å². The molecule has 17 heavy (non-hydrogen) atoms. The number of nitrogens with zero attached hydrogens (tertiary/aromatic N) is 1. The first-order valence-corrected chi connectivity index (χ1v) is 5.45. The first-order chi connectivity index (χ1) is 8.03. The van der Waals surface area contributed by atoms with Gasteiger partial charge in [-0.05, 0) is 18.2 Å². The fourth-order valence-corrected chi connectivity index (χ4v) is 1.44. The van der Waals surface area contributed by atoms with Gasteiger partial charge in [-0.25, -0.2) is 9.37 Å². The van der Waals surface area contributed by atoms with Gasteiger partial charge in [0.15, 0.2) is 0 Å². The van der Waals surface area contributed by atoms with Gasteiger partial charge in [0.05, 0.1) is 5.69 Å². The van der Waals surface area contributed by atoms with Crippen molar-refractivity contribution in [1.82, 2.24) is 4.98 Å². The highest BCUT2D eigenvalue weighted by Crippen LogP contribution is 2.25. The van der Waals surface area contributed by atoms with Crippen molar-refractivity contribution in [3.63, 3.8) is 0 Å². The van der Waals surface area contributed by atoms with Gasteiger partial charge < -0.3 is 10.2 Å². The summed E-state index contributed by atoms with van der Waals surface area (Å²) in [6, 6.07) is 6.17. The van der Waals surface area contributed by atoms with E-state index >= 15 is 0 Å². The third kappa shape index (κ3) is 2.36. The van der Waals surface area contributed by atoms with Crippen molar-refractivity contribution in [2.75, 3.05) is 6.54 Å². The molecule has 0 aliphatic carbocycles. The Hall–Kier alpha value is -1.68. The van der Waals surface area contributed by atoms with E-state index in [1.54, 1.807) is 18.4 Å². The fraction of sp³-hybridized carbons (Fsp3) is 0.308. The maximum atomic E-state index is 13.1. The maximum Gasteiger partial charge on any atom is 0.226 e. The van der Waals surface area contributed by atoms with Gasteiger partial charge in [-0.15, -0.1) is 0 Å². The van der Waals surface area contributed by atoms with Crippen LogP contribution in [0.2, 0.25) is 0 Å². The van der Waals surface area contributed by atoms with E-state index in [0.717, 1.165) is 5.69 Å². The lowest BCUT2D eigenvalue weighted by molar-refractivity contribution is 0.512. The van der Waals surface area contributed by atoms with Crippen LogP contribution in [0.4, 0.5) is 4.39 Å². The number of halogens is 1. The summed E-state index contributed by atoms with van der Waals surface area (Å²) in [6.45, 7) is 4.45. The summed E-state index contributed by atoms with van der Waals surface area (Å²) in [5.41, 5.74) is 6.83. The second-order valence-electron chi connectivity index (χ2n) is 4.64. The monoisotopic (exact) mass is 234 g/mol. The first-order valence-electron chi connectivity index (χ1n) is 5.45. The van der Waals surface area contributed by atoms with Gasteiger partial charge in [0.2, 0.25) is 5.89 Å². The van der Waals surface area contributed by atoms with Crippen LogP contribution in [0.5, 0.6) is 0 Å². The highest BCUT2D eigenvalue weighted by Gasteiger charge is 2.23. The Bertz CT molecular complexity index is 520. The number of benzene rings is 1. The van der Waals surface area contributed by atoms with Gasteiger partial charge in [0.1, 0.15) is 12.1 Å². The molecule has 0 amide bonds. The van der Waals surface area contributed by atoms with Gasteiger partial charge in [-0.2, -0.15) is 0 Å². The van der Waals surface area contributed by atoms with Crippen LogP contribution in [0.15, 0.2) is 34.9 Å². The number of aromatic nitrogens is 1. The Balaban J connectivity index is 2.36. The normalized spacial score (nSPS) is 11.8. The molecule has 0 bridgehead atoms. The standard InChI is InChI=1S/C13H15FN2O/c1-13(2,8-15)11-7-17-12(16-11)9-4-3-5-10(14)6-9/h3-7H,8,15H2,1-2H3. The molecular formula is C13H15FN2O. The third-order valence-electron chi connectivity index (χ3n) is 2.78. The zero-order valence-electron chi connectivity index (χ0n) is 9.90. The van der Waals surface area contributed by atoms with Crippen LogP contribution in [0.1, 0.15) is 19.5 Å². The van der Waals surface area contributed by atoms with Gasteiger partial charge in [-0.1, -0.05) is 19.9 Å². The molecule has 0 aliphatic heterocycles. The van der Waals surface area contributed by atoms with Crippen LogP contribution in [-0.4, -0.2) is 11.5 Å². The van der Waals surface area contributed by atoms with E-state index in [1.807, 2.05) is 13.8 Å². The largest absolute Gasteiger partial charge is 0.444 e. The molecule has 0 aliphatic rings. The van der Waals surface area contributed by atoms with Gasteiger partial charge >= 0.3 is 0 Å². The van der Waals surface area contributed by atoms with Crippen molar-refractivity contribution >= 4 is 0 Å². The molecule has 0 unspecified atom stereocenters. The lowest BCUT2D eigenvalue weighted by Crippen LogP contribution is -2.28. The summed E-state index contributed by atoms with van der Waals surface area (Å²) in [5.74, 6) is 0.112. The highest BCUT2D eigenvalue weighted by atomic mass is 19.1. The van der Waals surface area contributed by atoms with Crippen molar-refractivity contribution in [1.29, 1.82) is 0 Å². The Kier molecular flexibility index (Phi) is 2.98. The van der Waals surface area contributed by atoms with Crippen molar-refractivity contribution in [3.8, 4) is 11.5 Å². The summed E-state index contributed by atoms with van der Waals surface area (Å²) < 4.78 is 18.4. The van der Waals surface area contributed by atoms with E-state index in [9.17, 15) is 4.39 Å². The molecular weight excluding hydrogens is 219 g/mol. The summed E-state index contributed by atoms with van der Waals surface area (Å²) in [6.07, 6.45) is 1.58. The smallest absolute Gasteiger partial charge is 0.226 e. The topological polar surface area (TPSA) is 52.0 Å².